The molecule has 6 heteroatoms. The molecule has 2 aromatic carbocycles. The minimum atomic E-state index is -0.481. The van der Waals surface area contributed by atoms with E-state index < -0.39 is 6.04 Å². The first kappa shape index (κ1) is 16.9. The molecule has 2 atom stereocenters. The van der Waals surface area contributed by atoms with Crippen LogP contribution in [0, 0.1) is 0 Å². The fourth-order valence-electron chi connectivity index (χ4n) is 4.54. The molecule has 0 unspecified atom stereocenters. The highest BCUT2D eigenvalue weighted by molar-refractivity contribution is 5.97. The molecular formula is C22H21N3O3. The molecule has 6 nitrogen and oxygen atoms in total. The van der Waals surface area contributed by atoms with Crippen LogP contribution in [0.3, 0.4) is 0 Å². The summed E-state index contributed by atoms with van der Waals surface area (Å²) in [5, 5.41) is 1.11. The number of hydrogen-bond acceptors (Lipinski definition) is 3. The predicted octanol–water partition coefficient (Wildman–Crippen LogP) is 2.49. The van der Waals surface area contributed by atoms with E-state index in [1.807, 2.05) is 42.5 Å². The van der Waals surface area contributed by atoms with Crippen LogP contribution in [0.4, 0.5) is 0 Å². The summed E-state index contributed by atoms with van der Waals surface area (Å²) in [5.41, 5.74) is 4.10. The van der Waals surface area contributed by atoms with Crippen molar-refractivity contribution in [3.05, 3.63) is 65.4 Å². The van der Waals surface area contributed by atoms with Crippen LogP contribution in [-0.4, -0.2) is 53.3 Å². The lowest BCUT2D eigenvalue weighted by atomic mass is 9.86. The molecule has 3 aromatic rings. The third kappa shape index (κ3) is 2.34. The van der Waals surface area contributed by atoms with Gasteiger partial charge >= 0.3 is 0 Å². The standard InChI is InChI=1S/C22H21N3O3/c1-24-12-19(26)25-18(22(24)27)11-16-15-5-3-4-6-17(15)23-20(16)21(25)13-7-9-14(28-2)10-8-13/h3-10,18,21,23H,11-12H2,1-2H3/t18-,21-/m0/s1. The smallest absolute Gasteiger partial charge is 0.245 e. The van der Waals surface area contributed by atoms with E-state index in [4.69, 9.17) is 4.74 Å². The van der Waals surface area contributed by atoms with Crippen LogP contribution in [0.15, 0.2) is 48.5 Å². The van der Waals surface area contributed by atoms with Crippen molar-refractivity contribution in [3.8, 4) is 5.75 Å². The van der Waals surface area contributed by atoms with Gasteiger partial charge < -0.3 is 19.5 Å². The summed E-state index contributed by atoms with van der Waals surface area (Å²) in [6, 6.07) is 15.0. The van der Waals surface area contributed by atoms with Gasteiger partial charge in [-0.2, -0.15) is 0 Å². The number of piperazine rings is 1. The highest BCUT2D eigenvalue weighted by Gasteiger charge is 2.47. The number of carbonyl (C=O) groups excluding carboxylic acids is 2. The number of benzene rings is 2. The Balaban J connectivity index is 1.73. The number of methoxy groups -OCH3 is 1. The minimum Gasteiger partial charge on any atom is -0.497 e. The fourth-order valence-corrected chi connectivity index (χ4v) is 4.54. The lowest BCUT2D eigenvalue weighted by molar-refractivity contribution is -0.157. The van der Waals surface area contributed by atoms with Crippen molar-refractivity contribution in [3.63, 3.8) is 0 Å². The Bertz CT molecular complexity index is 1090. The third-order valence-corrected chi connectivity index (χ3v) is 5.88. The van der Waals surface area contributed by atoms with Gasteiger partial charge in [-0.05, 0) is 29.3 Å². The molecule has 2 aliphatic heterocycles. The van der Waals surface area contributed by atoms with Gasteiger partial charge in [0.15, 0.2) is 0 Å². The number of ether oxygens (including phenoxy) is 1. The summed E-state index contributed by atoms with van der Waals surface area (Å²) < 4.78 is 5.28. The number of fused-ring (bicyclic) bond motifs is 4. The molecule has 1 N–H and O–H groups in total. The van der Waals surface area contributed by atoms with Gasteiger partial charge in [0, 0.05) is 30.1 Å². The van der Waals surface area contributed by atoms with Crippen molar-refractivity contribution in [1.29, 1.82) is 0 Å². The maximum atomic E-state index is 13.0. The topological polar surface area (TPSA) is 65.6 Å². The highest BCUT2D eigenvalue weighted by Crippen LogP contribution is 2.42. The van der Waals surface area contributed by atoms with Crippen molar-refractivity contribution in [1.82, 2.24) is 14.8 Å². The highest BCUT2D eigenvalue weighted by atomic mass is 16.5. The molecule has 5 rings (SSSR count). The van der Waals surface area contributed by atoms with Crippen LogP contribution >= 0.6 is 0 Å². The van der Waals surface area contributed by atoms with Gasteiger partial charge in [0.05, 0.1) is 19.7 Å². The van der Waals surface area contributed by atoms with Gasteiger partial charge in [0.25, 0.3) is 0 Å². The van der Waals surface area contributed by atoms with Crippen molar-refractivity contribution in [2.45, 2.75) is 18.5 Å². The lowest BCUT2D eigenvalue weighted by Gasteiger charge is -2.46. The maximum Gasteiger partial charge on any atom is 0.245 e. The first-order chi connectivity index (χ1) is 13.6. The Morgan fingerprint density at radius 1 is 1.07 bits per heavy atom. The molecule has 28 heavy (non-hydrogen) atoms. The summed E-state index contributed by atoms with van der Waals surface area (Å²) >= 11 is 0. The SMILES string of the molecule is COc1ccc([C@H]2c3[nH]c4ccccc4c3C[C@H]3C(=O)N(C)CC(=O)N23)cc1. The second kappa shape index (κ2) is 6.12. The van der Waals surface area contributed by atoms with Crippen LogP contribution in [0.1, 0.15) is 22.9 Å². The molecule has 0 saturated carbocycles. The molecule has 1 saturated heterocycles. The molecule has 1 aromatic heterocycles. The number of aromatic nitrogens is 1. The van der Waals surface area contributed by atoms with E-state index in [0.29, 0.717) is 6.42 Å². The second-order valence-electron chi connectivity index (χ2n) is 7.45. The zero-order valence-electron chi connectivity index (χ0n) is 15.8. The van der Waals surface area contributed by atoms with E-state index in [1.54, 1.807) is 19.1 Å². The van der Waals surface area contributed by atoms with Gasteiger partial charge in [0.1, 0.15) is 11.8 Å². The summed E-state index contributed by atoms with van der Waals surface area (Å²) in [6.45, 7) is 0.109. The van der Waals surface area contributed by atoms with Gasteiger partial charge in [-0.25, -0.2) is 0 Å². The fraction of sp³-hybridized carbons (Fsp3) is 0.273. The van der Waals surface area contributed by atoms with Gasteiger partial charge in [-0.15, -0.1) is 0 Å². The summed E-state index contributed by atoms with van der Waals surface area (Å²) in [6.07, 6.45) is 0.529. The normalized spacial score (nSPS) is 21.6. The number of H-pyrrole nitrogens is 1. The predicted molar refractivity (Wildman–Crippen MR) is 105 cm³/mol. The van der Waals surface area contributed by atoms with Crippen molar-refractivity contribution >= 4 is 22.7 Å². The molecule has 0 bridgehead atoms. The average Bonchev–Trinajstić information content (AvgIpc) is 3.09. The molecular weight excluding hydrogens is 354 g/mol. The maximum absolute atomic E-state index is 13.0. The number of aromatic amines is 1. The molecule has 0 radical (unpaired) electrons. The van der Waals surface area contributed by atoms with Gasteiger partial charge in [-0.3, -0.25) is 9.59 Å². The first-order valence-electron chi connectivity index (χ1n) is 9.38. The number of rotatable bonds is 2. The number of nitrogens with zero attached hydrogens (tertiary/aromatic N) is 2. The second-order valence-corrected chi connectivity index (χ2v) is 7.45. The molecule has 0 aliphatic carbocycles. The van der Waals surface area contributed by atoms with Crippen LogP contribution in [0.25, 0.3) is 10.9 Å². The van der Waals surface area contributed by atoms with E-state index in [9.17, 15) is 9.59 Å². The van der Waals surface area contributed by atoms with E-state index in [0.717, 1.165) is 33.5 Å². The Morgan fingerprint density at radius 3 is 2.57 bits per heavy atom. The van der Waals surface area contributed by atoms with Crippen LogP contribution < -0.4 is 4.74 Å². The van der Waals surface area contributed by atoms with Crippen molar-refractivity contribution in [2.24, 2.45) is 0 Å². The number of nitrogens with one attached hydrogen (secondary N) is 1. The van der Waals surface area contributed by atoms with E-state index in [-0.39, 0.29) is 24.4 Å². The monoisotopic (exact) mass is 375 g/mol. The Hall–Kier alpha value is -3.28. The molecule has 0 spiro atoms. The quantitative estimate of drug-likeness (QED) is 0.748. The first-order valence-corrected chi connectivity index (χ1v) is 9.38. The zero-order valence-corrected chi connectivity index (χ0v) is 15.8. The Morgan fingerprint density at radius 2 is 1.82 bits per heavy atom. The van der Waals surface area contributed by atoms with Crippen molar-refractivity contribution in [2.75, 3.05) is 20.7 Å². The summed E-state index contributed by atoms with van der Waals surface area (Å²) in [7, 11) is 3.33. The van der Waals surface area contributed by atoms with E-state index in [2.05, 4.69) is 11.1 Å². The summed E-state index contributed by atoms with van der Waals surface area (Å²) in [5.74, 6) is 0.722. The van der Waals surface area contributed by atoms with E-state index in [1.165, 1.54) is 4.90 Å². The largest absolute Gasteiger partial charge is 0.497 e. The number of likely N-dealkylation sites (N-methyl/N-ethyl adjacent to an activating group) is 1. The van der Waals surface area contributed by atoms with Gasteiger partial charge in [-0.1, -0.05) is 30.3 Å². The molecule has 1 fully saturated rings. The number of hydrogen-bond donors (Lipinski definition) is 1. The van der Waals surface area contributed by atoms with Gasteiger partial charge in [0.2, 0.25) is 11.8 Å². The lowest BCUT2D eigenvalue weighted by Crippen LogP contribution is -2.62. The molecule has 142 valence electrons. The Kier molecular flexibility index (Phi) is 3.69. The number of amides is 2. The van der Waals surface area contributed by atoms with Crippen molar-refractivity contribution < 1.29 is 14.3 Å². The molecule has 3 heterocycles. The molecule has 2 amide bonds. The van der Waals surface area contributed by atoms with E-state index >= 15 is 0 Å². The third-order valence-electron chi connectivity index (χ3n) is 5.88. The average molecular weight is 375 g/mol. The number of para-hydroxylation sites is 1. The molecule has 2 aliphatic rings. The van der Waals surface area contributed by atoms with Crippen LogP contribution in [0.2, 0.25) is 0 Å². The zero-order chi connectivity index (χ0) is 19.4. The number of carbonyl (C=O) groups is 2. The summed E-state index contributed by atoms with van der Waals surface area (Å²) in [4.78, 5) is 32.8. The Labute approximate surface area is 162 Å². The van der Waals surface area contributed by atoms with Crippen LogP contribution in [-0.2, 0) is 16.0 Å². The van der Waals surface area contributed by atoms with Crippen LogP contribution in [0.5, 0.6) is 5.75 Å². The minimum absolute atomic E-state index is 0.00552.